The molecule has 0 amide bonds. The van der Waals surface area contributed by atoms with Crippen molar-refractivity contribution >= 4 is 11.9 Å². The Bertz CT molecular complexity index is 742. The first-order chi connectivity index (χ1) is 24.4. The Balaban J connectivity index is 0.00000169. The van der Waals surface area contributed by atoms with Gasteiger partial charge in [0.05, 0.1) is 6.61 Å². The molecule has 0 saturated carbocycles. The van der Waals surface area contributed by atoms with Gasteiger partial charge in [0.1, 0.15) is 18.3 Å². The molecule has 5 atom stereocenters. The number of carbonyl (C=O) groups excluding carboxylic acids is 2. The second kappa shape index (κ2) is 36.1. The Morgan fingerprint density at radius 3 is 1.18 bits per heavy atom. The van der Waals surface area contributed by atoms with Crippen molar-refractivity contribution in [2.24, 2.45) is 0 Å². The Morgan fingerprint density at radius 2 is 0.820 bits per heavy atom. The van der Waals surface area contributed by atoms with E-state index in [1.165, 1.54) is 89.9 Å². The largest absolute Gasteiger partial charge is 0.453 e. The predicted octanol–water partition coefficient (Wildman–Crippen LogP) is 7.81. The maximum Gasteiger partial charge on any atom is 0.308 e. The smallest absolute Gasteiger partial charge is 0.308 e. The van der Waals surface area contributed by atoms with E-state index in [0.29, 0.717) is 26.1 Å². The van der Waals surface area contributed by atoms with Gasteiger partial charge in [-0.05, 0) is 25.7 Å². The van der Waals surface area contributed by atoms with Gasteiger partial charge >= 0.3 is 11.9 Å². The molecular formula is C40H78O10. The van der Waals surface area contributed by atoms with Crippen LogP contribution in [0.3, 0.4) is 0 Å². The number of unbranched alkanes of at least 4 members (excludes halogenated alkanes) is 23. The molecule has 0 aromatic rings. The van der Waals surface area contributed by atoms with Crippen molar-refractivity contribution in [3.05, 3.63) is 0 Å². The summed E-state index contributed by atoms with van der Waals surface area (Å²) in [6, 6.07) is 0. The Morgan fingerprint density at radius 1 is 0.480 bits per heavy atom. The summed E-state index contributed by atoms with van der Waals surface area (Å²) in [5.41, 5.74) is 0. The third-order valence-electron chi connectivity index (χ3n) is 9.37. The van der Waals surface area contributed by atoms with Gasteiger partial charge in [-0.2, -0.15) is 0 Å². The van der Waals surface area contributed by atoms with Crippen molar-refractivity contribution < 1.29 is 49.3 Å². The minimum absolute atomic E-state index is 0.178. The molecule has 1 aliphatic rings. The van der Waals surface area contributed by atoms with E-state index in [1.807, 2.05) is 0 Å². The van der Waals surface area contributed by atoms with E-state index >= 15 is 0 Å². The van der Waals surface area contributed by atoms with Crippen LogP contribution < -0.4 is 0 Å². The zero-order valence-electron chi connectivity index (χ0n) is 32.1. The molecule has 1 heterocycles. The Hall–Kier alpha value is -1.30. The van der Waals surface area contributed by atoms with Gasteiger partial charge < -0.3 is 39.7 Å². The van der Waals surface area contributed by atoms with Crippen LogP contribution in [0.4, 0.5) is 0 Å². The molecule has 50 heavy (non-hydrogen) atoms. The number of rotatable bonds is 32. The van der Waals surface area contributed by atoms with E-state index < -0.39 is 49.3 Å². The van der Waals surface area contributed by atoms with Crippen molar-refractivity contribution in [3.8, 4) is 0 Å². The van der Waals surface area contributed by atoms with E-state index in [-0.39, 0.29) is 12.8 Å². The van der Waals surface area contributed by atoms with Crippen LogP contribution in [0.2, 0.25) is 0 Å². The molecule has 0 aliphatic carbocycles. The molecule has 1 aliphatic heterocycles. The highest BCUT2D eigenvalue weighted by molar-refractivity contribution is 5.70. The van der Waals surface area contributed by atoms with Crippen molar-refractivity contribution in [1.82, 2.24) is 0 Å². The van der Waals surface area contributed by atoms with Crippen LogP contribution >= 0.6 is 0 Å². The van der Waals surface area contributed by atoms with E-state index in [4.69, 9.17) is 24.4 Å². The Kier molecular flexibility index (Phi) is 35.1. The first-order valence-electron chi connectivity index (χ1n) is 20.6. The number of aliphatic hydroxyl groups excluding tert-OH is 5. The molecule has 0 aromatic carbocycles. The highest BCUT2D eigenvalue weighted by atomic mass is 16.7. The molecule has 1 rings (SSSR count). The minimum atomic E-state index is -1.53. The molecule has 1 fully saturated rings. The SMILES string of the molecule is CCCCCCCCCCCC(=O)OC1O[C@H](CO)[C@@H](O)[C@H](O)[C@H]1OC(=O)CCCCCCCCCCC.OCCCCCCCCCCO. The highest BCUT2D eigenvalue weighted by Crippen LogP contribution is 2.26. The van der Waals surface area contributed by atoms with Gasteiger partial charge in [0.25, 0.3) is 0 Å². The maximum absolute atomic E-state index is 12.4. The number of carbonyl (C=O) groups is 2. The Labute approximate surface area is 305 Å². The van der Waals surface area contributed by atoms with Crippen molar-refractivity contribution in [3.63, 3.8) is 0 Å². The minimum Gasteiger partial charge on any atom is -0.453 e. The normalized spacial score (nSPS) is 20.3. The topological polar surface area (TPSA) is 163 Å². The van der Waals surface area contributed by atoms with Gasteiger partial charge in [-0.15, -0.1) is 0 Å². The first-order valence-corrected chi connectivity index (χ1v) is 20.6. The fraction of sp³-hybridized carbons (Fsp3) is 0.950. The molecule has 1 saturated heterocycles. The lowest BCUT2D eigenvalue weighted by Crippen LogP contribution is -2.60. The molecule has 1 unspecified atom stereocenters. The standard InChI is InChI=1S/C30H56O8.C10H22O2/c1-3-5-7-9-11-13-15-17-19-21-25(32)37-29-28(35)27(34)24(23-31)36-30(29)38-26(33)22-20-18-16-14-12-10-8-6-4-2;11-9-7-5-3-1-2-4-6-8-10-12/h24,27-31,34-35H,3-23H2,1-2H3;11-12H,1-10H2/t24-,27-,28+,29-,30?;/m1./s1. The van der Waals surface area contributed by atoms with E-state index in [0.717, 1.165) is 64.2 Å². The summed E-state index contributed by atoms with van der Waals surface area (Å²) in [4.78, 5) is 24.9. The molecule has 0 bridgehead atoms. The molecule has 5 N–H and O–H groups in total. The fourth-order valence-electron chi connectivity index (χ4n) is 6.12. The predicted molar refractivity (Wildman–Crippen MR) is 199 cm³/mol. The summed E-state index contributed by atoms with van der Waals surface area (Å²) >= 11 is 0. The van der Waals surface area contributed by atoms with E-state index in [2.05, 4.69) is 13.8 Å². The van der Waals surface area contributed by atoms with Gasteiger partial charge in [-0.1, -0.05) is 155 Å². The van der Waals surface area contributed by atoms with E-state index in [1.54, 1.807) is 0 Å². The molecule has 10 nitrogen and oxygen atoms in total. The first kappa shape index (κ1) is 48.7. The lowest BCUT2D eigenvalue weighted by molar-refractivity contribution is -0.296. The molecule has 10 heteroatoms. The van der Waals surface area contributed by atoms with Crippen LogP contribution in [-0.2, 0) is 23.8 Å². The highest BCUT2D eigenvalue weighted by Gasteiger charge is 2.48. The number of hydrogen-bond acceptors (Lipinski definition) is 10. The number of aliphatic hydroxyl groups is 5. The van der Waals surface area contributed by atoms with Crippen molar-refractivity contribution in [1.29, 1.82) is 0 Å². The summed E-state index contributed by atoms with van der Waals surface area (Å²) < 4.78 is 16.3. The van der Waals surface area contributed by atoms with Crippen LogP contribution in [0, 0.1) is 0 Å². The van der Waals surface area contributed by atoms with Crippen molar-refractivity contribution in [2.75, 3.05) is 19.8 Å². The molecule has 0 aromatic heterocycles. The molecule has 298 valence electrons. The van der Waals surface area contributed by atoms with Crippen LogP contribution in [0.5, 0.6) is 0 Å². The fourth-order valence-corrected chi connectivity index (χ4v) is 6.12. The van der Waals surface area contributed by atoms with Gasteiger partial charge in [0.15, 0.2) is 6.10 Å². The zero-order chi connectivity index (χ0) is 37.1. The second-order valence-corrected chi connectivity index (χ2v) is 14.1. The third-order valence-corrected chi connectivity index (χ3v) is 9.37. The van der Waals surface area contributed by atoms with Crippen LogP contribution in [-0.4, -0.2) is 88.0 Å². The van der Waals surface area contributed by atoms with Crippen molar-refractivity contribution in [2.45, 2.75) is 224 Å². The summed E-state index contributed by atoms with van der Waals surface area (Å²) in [5, 5.41) is 47.3. The van der Waals surface area contributed by atoms with Crippen LogP contribution in [0.25, 0.3) is 0 Å². The third kappa shape index (κ3) is 27.4. The molecule has 0 radical (unpaired) electrons. The molecule has 0 spiro atoms. The van der Waals surface area contributed by atoms with Crippen LogP contribution in [0.15, 0.2) is 0 Å². The van der Waals surface area contributed by atoms with E-state index in [9.17, 15) is 24.9 Å². The summed E-state index contributed by atoms with van der Waals surface area (Å²) in [6.07, 6.45) is 23.0. The average Bonchev–Trinajstić information content (AvgIpc) is 3.11. The summed E-state index contributed by atoms with van der Waals surface area (Å²) in [7, 11) is 0. The lowest BCUT2D eigenvalue weighted by atomic mass is 9.99. The summed E-state index contributed by atoms with van der Waals surface area (Å²) in [5.74, 6) is -1.05. The van der Waals surface area contributed by atoms with Gasteiger partial charge in [0, 0.05) is 26.1 Å². The van der Waals surface area contributed by atoms with Gasteiger partial charge in [-0.25, -0.2) is 0 Å². The van der Waals surface area contributed by atoms with Gasteiger partial charge in [0.2, 0.25) is 6.29 Å². The summed E-state index contributed by atoms with van der Waals surface area (Å²) in [6.45, 7) is 4.52. The zero-order valence-corrected chi connectivity index (χ0v) is 32.1. The second-order valence-electron chi connectivity index (χ2n) is 14.1. The van der Waals surface area contributed by atoms with Gasteiger partial charge in [-0.3, -0.25) is 9.59 Å². The quantitative estimate of drug-likeness (QED) is 0.0342. The number of esters is 2. The monoisotopic (exact) mass is 719 g/mol. The number of ether oxygens (including phenoxy) is 3. The maximum atomic E-state index is 12.4. The average molecular weight is 719 g/mol. The number of hydrogen-bond donors (Lipinski definition) is 5. The molecular weight excluding hydrogens is 640 g/mol. The lowest BCUT2D eigenvalue weighted by Gasteiger charge is -2.40. The van der Waals surface area contributed by atoms with Crippen LogP contribution in [0.1, 0.15) is 194 Å².